The number of nitrogens with zero attached hydrogens (tertiary/aromatic N) is 2. The molecule has 0 aliphatic carbocycles. The number of benzene rings is 3. The Balaban J connectivity index is 1.47. The molecule has 0 aliphatic rings. The van der Waals surface area contributed by atoms with Crippen LogP contribution in [0.2, 0.25) is 0 Å². The van der Waals surface area contributed by atoms with E-state index in [1.54, 1.807) is 24.5 Å². The molecule has 0 atom stereocenters. The number of aromatic nitrogens is 2. The smallest absolute Gasteiger partial charge is 0.273 e. The second kappa shape index (κ2) is 10.1. The third-order valence-corrected chi connectivity index (χ3v) is 5.96. The Morgan fingerprint density at radius 1 is 0.886 bits per heavy atom. The molecule has 0 bridgehead atoms. The minimum atomic E-state index is -2.86. The van der Waals surface area contributed by atoms with Crippen molar-refractivity contribution in [2.45, 2.75) is 39.5 Å². The Kier molecular flexibility index (Phi) is 7.01. The number of alkyl halides is 2. The van der Waals surface area contributed by atoms with Gasteiger partial charge in [-0.3, -0.25) is 14.8 Å². The standard InChI is InChI=1S/C29H27F2N3O/c1-4-29(30,31)23-10-6-21(7-11-23)18-26(35)34-24-12-8-22(9-13-24)27-28(33-16-15-32-27)25-14-5-19(2)17-20(25)3/h5-17H,4,18H2,1-3H3,(H,34,35). The van der Waals surface area contributed by atoms with Gasteiger partial charge in [-0.2, -0.15) is 0 Å². The van der Waals surface area contributed by atoms with E-state index in [-0.39, 0.29) is 24.3 Å². The van der Waals surface area contributed by atoms with Crippen molar-refractivity contribution in [3.63, 3.8) is 0 Å². The molecule has 1 aromatic heterocycles. The molecule has 0 saturated heterocycles. The lowest BCUT2D eigenvalue weighted by Crippen LogP contribution is -2.15. The average molecular weight is 472 g/mol. The summed E-state index contributed by atoms with van der Waals surface area (Å²) in [6, 6.07) is 19.6. The first kappa shape index (κ1) is 24.2. The number of anilines is 1. The van der Waals surface area contributed by atoms with Crippen LogP contribution in [0.15, 0.2) is 79.1 Å². The minimum absolute atomic E-state index is 0.0380. The summed E-state index contributed by atoms with van der Waals surface area (Å²) in [5.41, 5.74) is 7.08. The summed E-state index contributed by atoms with van der Waals surface area (Å²) in [5, 5.41) is 2.86. The van der Waals surface area contributed by atoms with Crippen LogP contribution in [0.4, 0.5) is 14.5 Å². The van der Waals surface area contributed by atoms with E-state index in [1.807, 2.05) is 24.3 Å². The van der Waals surface area contributed by atoms with Crippen LogP contribution in [0.3, 0.4) is 0 Å². The molecule has 0 fully saturated rings. The zero-order chi connectivity index (χ0) is 25.0. The van der Waals surface area contributed by atoms with Crippen LogP contribution in [0.1, 0.15) is 35.6 Å². The third-order valence-electron chi connectivity index (χ3n) is 5.96. The normalized spacial score (nSPS) is 11.3. The molecule has 6 heteroatoms. The van der Waals surface area contributed by atoms with Crippen LogP contribution in [0.5, 0.6) is 0 Å². The molecule has 178 valence electrons. The number of aryl methyl sites for hydroxylation is 2. The van der Waals surface area contributed by atoms with Crippen molar-refractivity contribution in [1.29, 1.82) is 0 Å². The Hall–Kier alpha value is -3.93. The molecule has 4 nitrogen and oxygen atoms in total. The van der Waals surface area contributed by atoms with E-state index in [1.165, 1.54) is 24.6 Å². The van der Waals surface area contributed by atoms with E-state index in [0.717, 1.165) is 28.1 Å². The fraction of sp³-hybridized carbons (Fsp3) is 0.207. The molecule has 0 unspecified atom stereocenters. The molecule has 3 aromatic carbocycles. The van der Waals surface area contributed by atoms with Crippen LogP contribution < -0.4 is 5.32 Å². The second-order valence-corrected chi connectivity index (χ2v) is 8.63. The number of rotatable bonds is 7. The van der Waals surface area contributed by atoms with Crippen LogP contribution in [-0.2, 0) is 17.1 Å². The van der Waals surface area contributed by atoms with Gasteiger partial charge >= 0.3 is 0 Å². The second-order valence-electron chi connectivity index (χ2n) is 8.63. The van der Waals surface area contributed by atoms with E-state index in [2.05, 4.69) is 47.3 Å². The lowest BCUT2D eigenvalue weighted by atomic mass is 9.99. The quantitative estimate of drug-likeness (QED) is 0.312. The highest BCUT2D eigenvalue weighted by Gasteiger charge is 2.28. The largest absolute Gasteiger partial charge is 0.326 e. The maximum atomic E-state index is 13.8. The fourth-order valence-corrected chi connectivity index (χ4v) is 4.00. The maximum absolute atomic E-state index is 13.8. The van der Waals surface area contributed by atoms with Crippen LogP contribution in [0, 0.1) is 13.8 Å². The molecule has 0 spiro atoms. The van der Waals surface area contributed by atoms with Gasteiger partial charge in [-0.15, -0.1) is 0 Å². The minimum Gasteiger partial charge on any atom is -0.326 e. The van der Waals surface area contributed by atoms with Crippen molar-refractivity contribution < 1.29 is 13.6 Å². The third kappa shape index (κ3) is 5.60. The molecular formula is C29H27F2N3O. The molecular weight excluding hydrogens is 444 g/mol. The molecule has 35 heavy (non-hydrogen) atoms. The molecule has 4 rings (SSSR count). The first-order chi connectivity index (χ1) is 16.8. The average Bonchev–Trinajstić information content (AvgIpc) is 2.85. The van der Waals surface area contributed by atoms with Gasteiger partial charge in [0.05, 0.1) is 17.8 Å². The van der Waals surface area contributed by atoms with Gasteiger partial charge in [-0.1, -0.05) is 67.1 Å². The summed E-state index contributed by atoms with van der Waals surface area (Å²) >= 11 is 0. The lowest BCUT2D eigenvalue weighted by Gasteiger charge is -2.14. The lowest BCUT2D eigenvalue weighted by molar-refractivity contribution is -0.115. The van der Waals surface area contributed by atoms with Crippen molar-refractivity contribution in [2.75, 3.05) is 5.32 Å². The highest BCUT2D eigenvalue weighted by molar-refractivity contribution is 5.92. The van der Waals surface area contributed by atoms with Gasteiger partial charge in [0.1, 0.15) is 0 Å². The summed E-state index contributed by atoms with van der Waals surface area (Å²) in [5.74, 6) is -3.08. The molecule has 1 amide bonds. The van der Waals surface area contributed by atoms with Crippen molar-refractivity contribution in [1.82, 2.24) is 9.97 Å². The summed E-state index contributed by atoms with van der Waals surface area (Å²) in [7, 11) is 0. The van der Waals surface area contributed by atoms with Crippen molar-refractivity contribution in [3.8, 4) is 22.5 Å². The van der Waals surface area contributed by atoms with Gasteiger partial charge < -0.3 is 5.32 Å². The van der Waals surface area contributed by atoms with Gasteiger partial charge in [0, 0.05) is 41.2 Å². The number of hydrogen-bond donors (Lipinski definition) is 1. The highest BCUT2D eigenvalue weighted by Crippen LogP contribution is 2.32. The Bertz CT molecular complexity index is 1330. The molecule has 0 radical (unpaired) electrons. The van der Waals surface area contributed by atoms with Crippen molar-refractivity contribution in [2.24, 2.45) is 0 Å². The van der Waals surface area contributed by atoms with E-state index in [9.17, 15) is 13.6 Å². The number of carbonyl (C=O) groups is 1. The maximum Gasteiger partial charge on any atom is 0.273 e. The number of carbonyl (C=O) groups excluding carboxylic acids is 1. The van der Waals surface area contributed by atoms with E-state index >= 15 is 0 Å². The van der Waals surface area contributed by atoms with Crippen molar-refractivity contribution >= 4 is 11.6 Å². The first-order valence-electron chi connectivity index (χ1n) is 11.5. The molecule has 1 heterocycles. The molecule has 0 saturated carbocycles. The molecule has 4 aromatic rings. The topological polar surface area (TPSA) is 54.9 Å². The Morgan fingerprint density at radius 2 is 1.54 bits per heavy atom. The van der Waals surface area contributed by atoms with E-state index in [0.29, 0.717) is 11.3 Å². The summed E-state index contributed by atoms with van der Waals surface area (Å²) in [6.07, 6.45) is 3.19. The van der Waals surface area contributed by atoms with Gasteiger partial charge in [0.15, 0.2) is 0 Å². The zero-order valence-electron chi connectivity index (χ0n) is 20.0. The molecule has 1 N–H and O–H groups in total. The summed E-state index contributed by atoms with van der Waals surface area (Å²) in [6.45, 7) is 5.56. The number of nitrogens with one attached hydrogen (secondary N) is 1. The first-order valence-corrected chi connectivity index (χ1v) is 11.5. The SMILES string of the molecule is CCC(F)(F)c1ccc(CC(=O)Nc2ccc(-c3nccnc3-c3ccc(C)cc3C)cc2)cc1. The monoisotopic (exact) mass is 471 g/mol. The predicted octanol–water partition coefficient (Wildman–Crippen LogP) is 7.11. The van der Waals surface area contributed by atoms with Crippen molar-refractivity contribution in [3.05, 3.63) is 101 Å². The number of halogens is 2. The number of amides is 1. The summed E-state index contributed by atoms with van der Waals surface area (Å²) in [4.78, 5) is 21.6. The van der Waals surface area contributed by atoms with Gasteiger partial charge in [0.2, 0.25) is 5.91 Å². The zero-order valence-corrected chi connectivity index (χ0v) is 20.0. The van der Waals surface area contributed by atoms with Crippen LogP contribution in [0.25, 0.3) is 22.5 Å². The summed E-state index contributed by atoms with van der Waals surface area (Å²) < 4.78 is 27.6. The van der Waals surface area contributed by atoms with E-state index in [4.69, 9.17) is 0 Å². The van der Waals surface area contributed by atoms with Crippen LogP contribution in [-0.4, -0.2) is 15.9 Å². The van der Waals surface area contributed by atoms with Gasteiger partial charge in [0.25, 0.3) is 5.92 Å². The predicted molar refractivity (Wildman–Crippen MR) is 135 cm³/mol. The van der Waals surface area contributed by atoms with E-state index < -0.39 is 5.92 Å². The Labute approximate surface area is 204 Å². The number of hydrogen-bond acceptors (Lipinski definition) is 3. The molecule has 0 aliphatic heterocycles. The fourth-order valence-electron chi connectivity index (χ4n) is 4.00. The Morgan fingerprint density at radius 3 is 2.17 bits per heavy atom. The van der Waals surface area contributed by atoms with Gasteiger partial charge in [-0.25, -0.2) is 8.78 Å². The highest BCUT2D eigenvalue weighted by atomic mass is 19.3. The van der Waals surface area contributed by atoms with Crippen LogP contribution >= 0.6 is 0 Å². The van der Waals surface area contributed by atoms with Gasteiger partial charge in [-0.05, 0) is 37.1 Å².